The standard InChI is InChI=1S/C19H17F5O3/c1-2-10-7-26-19(27-8-10)12-5-15(22)18(16(23)6-12)25-9-11-3-13(20)17(24)14(21)4-11/h3-6,10,19H,2,7-9H2,1H3. The smallest absolute Gasteiger partial charge is 0.194 e. The Hall–Kier alpha value is -2.19. The average molecular weight is 388 g/mol. The Morgan fingerprint density at radius 1 is 0.889 bits per heavy atom. The molecule has 2 aromatic carbocycles. The molecule has 0 saturated carbocycles. The van der Waals surface area contributed by atoms with Crippen molar-refractivity contribution in [2.24, 2.45) is 5.92 Å². The van der Waals surface area contributed by atoms with Gasteiger partial charge < -0.3 is 14.2 Å². The van der Waals surface area contributed by atoms with E-state index >= 15 is 0 Å². The number of hydrogen-bond donors (Lipinski definition) is 0. The van der Waals surface area contributed by atoms with Crippen LogP contribution in [0.3, 0.4) is 0 Å². The highest BCUT2D eigenvalue weighted by Crippen LogP contribution is 2.31. The van der Waals surface area contributed by atoms with Crippen LogP contribution in [0.4, 0.5) is 22.0 Å². The summed E-state index contributed by atoms with van der Waals surface area (Å²) in [5.41, 5.74) is 0.0459. The molecule has 1 saturated heterocycles. The molecule has 3 nitrogen and oxygen atoms in total. The Labute approximate surface area is 152 Å². The van der Waals surface area contributed by atoms with E-state index in [4.69, 9.17) is 14.2 Å². The molecule has 0 aliphatic carbocycles. The highest BCUT2D eigenvalue weighted by Gasteiger charge is 2.25. The minimum atomic E-state index is -1.63. The second-order valence-corrected chi connectivity index (χ2v) is 6.25. The summed E-state index contributed by atoms with van der Waals surface area (Å²) in [6.45, 7) is 2.28. The van der Waals surface area contributed by atoms with Crippen molar-refractivity contribution < 1.29 is 36.2 Å². The predicted molar refractivity (Wildman–Crippen MR) is 85.4 cm³/mol. The lowest BCUT2D eigenvalue weighted by atomic mass is 10.1. The van der Waals surface area contributed by atoms with E-state index in [2.05, 4.69) is 0 Å². The number of benzene rings is 2. The van der Waals surface area contributed by atoms with Crippen molar-refractivity contribution in [1.29, 1.82) is 0 Å². The molecular formula is C19H17F5O3. The molecule has 1 aliphatic rings. The molecule has 0 bridgehead atoms. The molecule has 1 heterocycles. The SMILES string of the molecule is CCC1COC(c2cc(F)c(OCc3cc(F)c(F)c(F)c3)c(F)c2)OC1. The molecule has 146 valence electrons. The molecule has 8 heteroatoms. The van der Waals surface area contributed by atoms with Gasteiger partial charge in [-0.1, -0.05) is 6.92 Å². The van der Waals surface area contributed by atoms with Crippen LogP contribution in [0, 0.1) is 35.0 Å². The van der Waals surface area contributed by atoms with Gasteiger partial charge in [0.15, 0.2) is 41.1 Å². The zero-order chi connectivity index (χ0) is 19.6. The monoisotopic (exact) mass is 388 g/mol. The first-order valence-corrected chi connectivity index (χ1v) is 8.37. The summed E-state index contributed by atoms with van der Waals surface area (Å²) in [7, 11) is 0. The Morgan fingerprint density at radius 3 is 1.96 bits per heavy atom. The molecule has 3 rings (SSSR count). The van der Waals surface area contributed by atoms with Crippen LogP contribution in [0.25, 0.3) is 0 Å². The highest BCUT2D eigenvalue weighted by atomic mass is 19.2. The fraction of sp³-hybridized carbons (Fsp3) is 0.368. The maximum Gasteiger partial charge on any atom is 0.194 e. The molecule has 1 fully saturated rings. The Balaban J connectivity index is 1.72. The van der Waals surface area contributed by atoms with Gasteiger partial charge in [-0.05, 0) is 36.2 Å². The van der Waals surface area contributed by atoms with E-state index in [0.717, 1.165) is 18.6 Å². The number of halogens is 5. The molecule has 0 amide bonds. The van der Waals surface area contributed by atoms with Gasteiger partial charge in [-0.2, -0.15) is 0 Å². The molecule has 0 unspecified atom stereocenters. The van der Waals surface area contributed by atoms with E-state index in [-0.39, 0.29) is 17.0 Å². The molecule has 0 atom stereocenters. The van der Waals surface area contributed by atoms with Crippen LogP contribution in [0.2, 0.25) is 0 Å². The first kappa shape index (κ1) is 19.6. The molecule has 0 radical (unpaired) electrons. The van der Waals surface area contributed by atoms with E-state index < -0.39 is 47.7 Å². The van der Waals surface area contributed by atoms with Gasteiger partial charge in [0, 0.05) is 11.5 Å². The largest absolute Gasteiger partial charge is 0.483 e. The van der Waals surface area contributed by atoms with E-state index in [0.29, 0.717) is 25.3 Å². The van der Waals surface area contributed by atoms with E-state index in [9.17, 15) is 22.0 Å². The summed E-state index contributed by atoms with van der Waals surface area (Å²) in [6.07, 6.45) is -0.0154. The third-order valence-corrected chi connectivity index (χ3v) is 4.26. The van der Waals surface area contributed by atoms with Gasteiger partial charge in [-0.3, -0.25) is 0 Å². The molecule has 0 N–H and O–H groups in total. The number of hydrogen-bond acceptors (Lipinski definition) is 3. The fourth-order valence-corrected chi connectivity index (χ4v) is 2.67. The molecule has 0 aromatic heterocycles. The normalized spacial score (nSPS) is 19.9. The van der Waals surface area contributed by atoms with Crippen LogP contribution in [0.1, 0.15) is 30.8 Å². The fourth-order valence-electron chi connectivity index (χ4n) is 2.67. The second kappa shape index (κ2) is 8.22. The van der Waals surface area contributed by atoms with Gasteiger partial charge in [-0.15, -0.1) is 0 Å². The van der Waals surface area contributed by atoms with Gasteiger partial charge in [0.05, 0.1) is 13.2 Å². The Morgan fingerprint density at radius 2 is 1.44 bits per heavy atom. The Kier molecular flexibility index (Phi) is 5.96. The van der Waals surface area contributed by atoms with Gasteiger partial charge in [0.1, 0.15) is 6.61 Å². The van der Waals surface area contributed by atoms with Crippen molar-refractivity contribution >= 4 is 0 Å². The topological polar surface area (TPSA) is 27.7 Å². The van der Waals surface area contributed by atoms with Crippen molar-refractivity contribution in [3.63, 3.8) is 0 Å². The lowest BCUT2D eigenvalue weighted by molar-refractivity contribution is -0.205. The van der Waals surface area contributed by atoms with Gasteiger partial charge in [0.25, 0.3) is 0 Å². The van der Waals surface area contributed by atoms with Crippen LogP contribution in [-0.2, 0) is 16.1 Å². The Bertz CT molecular complexity index is 773. The van der Waals surface area contributed by atoms with Crippen LogP contribution in [0.5, 0.6) is 5.75 Å². The summed E-state index contributed by atoms with van der Waals surface area (Å²) >= 11 is 0. The summed E-state index contributed by atoms with van der Waals surface area (Å²) < 4.78 is 83.7. The van der Waals surface area contributed by atoms with Crippen LogP contribution >= 0.6 is 0 Å². The quantitative estimate of drug-likeness (QED) is 0.531. The molecule has 2 aromatic rings. The first-order chi connectivity index (χ1) is 12.9. The molecule has 0 spiro atoms. The van der Waals surface area contributed by atoms with Crippen LogP contribution in [0.15, 0.2) is 24.3 Å². The van der Waals surface area contributed by atoms with E-state index in [1.807, 2.05) is 6.92 Å². The summed E-state index contributed by atoms with van der Waals surface area (Å²) in [5.74, 6) is -6.97. The van der Waals surface area contributed by atoms with E-state index in [1.165, 1.54) is 0 Å². The van der Waals surface area contributed by atoms with Gasteiger partial charge in [0.2, 0.25) is 0 Å². The summed E-state index contributed by atoms with van der Waals surface area (Å²) in [5, 5.41) is 0. The molecule has 27 heavy (non-hydrogen) atoms. The lowest BCUT2D eigenvalue weighted by Gasteiger charge is -2.29. The van der Waals surface area contributed by atoms with Crippen LogP contribution < -0.4 is 4.74 Å². The zero-order valence-electron chi connectivity index (χ0n) is 14.4. The van der Waals surface area contributed by atoms with Crippen molar-refractivity contribution in [3.8, 4) is 5.75 Å². The third-order valence-electron chi connectivity index (χ3n) is 4.26. The van der Waals surface area contributed by atoms with Crippen molar-refractivity contribution in [2.45, 2.75) is 26.2 Å². The highest BCUT2D eigenvalue weighted by molar-refractivity contribution is 5.32. The van der Waals surface area contributed by atoms with Crippen molar-refractivity contribution in [2.75, 3.05) is 13.2 Å². The van der Waals surface area contributed by atoms with E-state index in [1.54, 1.807) is 0 Å². The van der Waals surface area contributed by atoms with Gasteiger partial charge >= 0.3 is 0 Å². The minimum absolute atomic E-state index is 0.112. The first-order valence-electron chi connectivity index (χ1n) is 8.37. The molecule has 1 aliphatic heterocycles. The number of ether oxygens (including phenoxy) is 3. The van der Waals surface area contributed by atoms with Crippen LogP contribution in [-0.4, -0.2) is 13.2 Å². The minimum Gasteiger partial charge on any atom is -0.483 e. The molecular weight excluding hydrogens is 371 g/mol. The summed E-state index contributed by atoms with van der Waals surface area (Å²) in [4.78, 5) is 0. The lowest BCUT2D eigenvalue weighted by Crippen LogP contribution is -2.26. The predicted octanol–water partition coefficient (Wildman–Crippen LogP) is 5.03. The number of rotatable bonds is 5. The average Bonchev–Trinajstić information content (AvgIpc) is 2.65. The maximum absolute atomic E-state index is 14.2. The maximum atomic E-state index is 14.2. The third kappa shape index (κ3) is 4.39. The van der Waals surface area contributed by atoms with Gasteiger partial charge in [-0.25, -0.2) is 22.0 Å². The summed E-state index contributed by atoms with van der Waals surface area (Å²) in [6, 6.07) is 3.41. The zero-order valence-corrected chi connectivity index (χ0v) is 14.4. The van der Waals surface area contributed by atoms with Crippen molar-refractivity contribution in [1.82, 2.24) is 0 Å². The second-order valence-electron chi connectivity index (χ2n) is 6.25. The van der Waals surface area contributed by atoms with Crippen molar-refractivity contribution in [3.05, 3.63) is 64.5 Å².